The Morgan fingerprint density at radius 3 is 2.83 bits per heavy atom. The van der Waals surface area contributed by atoms with Crippen molar-refractivity contribution in [1.29, 1.82) is 0 Å². The zero-order valence-electron chi connectivity index (χ0n) is 18.9. The number of hydrogen-bond donors (Lipinski definition) is 3. The van der Waals surface area contributed by atoms with E-state index in [0.29, 0.717) is 22.8 Å². The maximum atomic E-state index is 14.6. The van der Waals surface area contributed by atoms with Crippen molar-refractivity contribution >= 4 is 28.4 Å². The van der Waals surface area contributed by atoms with Crippen LogP contribution in [0.3, 0.4) is 0 Å². The Morgan fingerprint density at radius 2 is 2.09 bits per heavy atom. The van der Waals surface area contributed by atoms with Crippen LogP contribution in [0.2, 0.25) is 0 Å². The number of amides is 1. The fraction of sp³-hybridized carbons (Fsp3) is 0.391. The van der Waals surface area contributed by atoms with E-state index in [2.05, 4.69) is 20.7 Å². The molecule has 4 aromatic heterocycles. The van der Waals surface area contributed by atoms with Gasteiger partial charge in [-0.05, 0) is 12.1 Å². The first-order chi connectivity index (χ1) is 17.0. The van der Waals surface area contributed by atoms with Crippen LogP contribution in [0.15, 0.2) is 36.8 Å². The van der Waals surface area contributed by atoms with Crippen molar-refractivity contribution in [3.05, 3.63) is 42.4 Å². The molecule has 11 nitrogen and oxygen atoms in total. The standard InChI is InChI=1S/C23H24FN7O4/c1-25-20-5-16(14-7-30(18-10-34-8-15(18)24)21-12(14)3-2-4-26-21)28-22-13(6-27-31(20)22)23(33)29-17-9-35-11-19(17)32/h2-7,15,17-19,25,32H,8-11H2,1H3,(H,29,33)/t15-,17?,18+,19+/m0/s1. The van der Waals surface area contributed by atoms with E-state index in [-0.39, 0.29) is 32.0 Å². The molecule has 6 rings (SSSR count). The number of ether oxygens (including phenoxy) is 2. The molecule has 1 unspecified atom stereocenters. The summed E-state index contributed by atoms with van der Waals surface area (Å²) in [6, 6.07) is 4.56. The molecule has 2 aliphatic heterocycles. The van der Waals surface area contributed by atoms with Crippen molar-refractivity contribution in [1.82, 2.24) is 29.5 Å². The van der Waals surface area contributed by atoms with E-state index in [1.54, 1.807) is 22.3 Å². The number of aliphatic hydroxyl groups excluding tert-OH is 1. The first-order valence-corrected chi connectivity index (χ1v) is 11.4. The largest absolute Gasteiger partial charge is 0.388 e. The molecule has 2 aliphatic rings. The fourth-order valence-corrected chi connectivity index (χ4v) is 4.68. The molecule has 0 saturated carbocycles. The molecule has 35 heavy (non-hydrogen) atoms. The van der Waals surface area contributed by atoms with Gasteiger partial charge in [-0.15, -0.1) is 0 Å². The molecule has 2 saturated heterocycles. The van der Waals surface area contributed by atoms with Crippen LogP contribution < -0.4 is 10.6 Å². The highest BCUT2D eigenvalue weighted by Gasteiger charge is 2.32. The predicted molar refractivity (Wildman–Crippen MR) is 124 cm³/mol. The number of nitrogens with zero attached hydrogens (tertiary/aromatic N) is 5. The zero-order valence-corrected chi connectivity index (χ0v) is 18.9. The Balaban J connectivity index is 1.47. The molecule has 3 N–H and O–H groups in total. The molecule has 182 valence electrons. The second kappa shape index (κ2) is 8.56. The number of alkyl halides is 1. The summed E-state index contributed by atoms with van der Waals surface area (Å²) in [5, 5.41) is 21.0. The molecular weight excluding hydrogens is 457 g/mol. The average molecular weight is 481 g/mol. The minimum atomic E-state index is -1.14. The van der Waals surface area contributed by atoms with Crippen LogP contribution in [-0.2, 0) is 9.47 Å². The minimum absolute atomic E-state index is 0.0512. The van der Waals surface area contributed by atoms with Gasteiger partial charge in [0.1, 0.15) is 23.2 Å². The number of rotatable bonds is 5. The maximum Gasteiger partial charge on any atom is 0.257 e. The Labute approximate surface area is 198 Å². The van der Waals surface area contributed by atoms with Gasteiger partial charge in [-0.2, -0.15) is 9.61 Å². The Bertz CT molecular complexity index is 1420. The van der Waals surface area contributed by atoms with E-state index in [0.717, 1.165) is 10.9 Å². The van der Waals surface area contributed by atoms with Crippen molar-refractivity contribution in [3.8, 4) is 11.3 Å². The number of carbonyl (C=O) groups is 1. The molecule has 4 aromatic rings. The summed E-state index contributed by atoms with van der Waals surface area (Å²) >= 11 is 0. The number of halogens is 1. The summed E-state index contributed by atoms with van der Waals surface area (Å²) in [6.45, 7) is 0.726. The van der Waals surface area contributed by atoms with E-state index in [1.807, 2.05) is 24.4 Å². The van der Waals surface area contributed by atoms with E-state index >= 15 is 0 Å². The van der Waals surface area contributed by atoms with Crippen LogP contribution in [0.1, 0.15) is 16.4 Å². The van der Waals surface area contributed by atoms with Gasteiger partial charge in [0.25, 0.3) is 5.91 Å². The molecule has 2 fully saturated rings. The molecule has 0 bridgehead atoms. The maximum absolute atomic E-state index is 14.6. The second-order valence-corrected chi connectivity index (χ2v) is 8.70. The van der Waals surface area contributed by atoms with Gasteiger partial charge in [0.05, 0.1) is 56.5 Å². The quantitative estimate of drug-likeness (QED) is 0.388. The normalized spacial score (nSPS) is 24.4. The molecule has 0 radical (unpaired) electrons. The number of hydrogen-bond acceptors (Lipinski definition) is 8. The first kappa shape index (κ1) is 21.9. The van der Waals surface area contributed by atoms with Crippen LogP contribution in [0.25, 0.3) is 27.9 Å². The lowest BCUT2D eigenvalue weighted by molar-refractivity contribution is 0.0888. The van der Waals surface area contributed by atoms with Crippen molar-refractivity contribution in [3.63, 3.8) is 0 Å². The molecule has 4 atom stereocenters. The van der Waals surface area contributed by atoms with Gasteiger partial charge in [-0.1, -0.05) is 0 Å². The average Bonchev–Trinajstić information content (AvgIpc) is 3.65. The van der Waals surface area contributed by atoms with Gasteiger partial charge in [0.2, 0.25) is 0 Å². The van der Waals surface area contributed by atoms with E-state index < -0.39 is 30.3 Å². The Hall–Kier alpha value is -3.61. The van der Waals surface area contributed by atoms with Crippen LogP contribution in [0.5, 0.6) is 0 Å². The number of carbonyl (C=O) groups excluding carboxylic acids is 1. The number of pyridine rings is 1. The smallest absolute Gasteiger partial charge is 0.257 e. The first-order valence-electron chi connectivity index (χ1n) is 11.4. The molecule has 0 aromatic carbocycles. The predicted octanol–water partition coefficient (Wildman–Crippen LogP) is 1.19. The molecule has 0 aliphatic carbocycles. The third kappa shape index (κ3) is 3.61. The zero-order chi connectivity index (χ0) is 24.1. The van der Waals surface area contributed by atoms with Gasteiger partial charge < -0.3 is 29.8 Å². The van der Waals surface area contributed by atoms with Crippen molar-refractivity contribution in [2.24, 2.45) is 0 Å². The summed E-state index contributed by atoms with van der Waals surface area (Å²) in [7, 11) is 1.75. The molecule has 12 heteroatoms. The number of aromatic nitrogens is 5. The Morgan fingerprint density at radius 1 is 1.23 bits per heavy atom. The minimum Gasteiger partial charge on any atom is -0.388 e. The van der Waals surface area contributed by atoms with Crippen LogP contribution in [0, 0.1) is 0 Å². The third-order valence-corrected chi connectivity index (χ3v) is 6.55. The highest BCUT2D eigenvalue weighted by Crippen LogP contribution is 2.35. The highest BCUT2D eigenvalue weighted by molar-refractivity contribution is 6.01. The second-order valence-electron chi connectivity index (χ2n) is 8.70. The highest BCUT2D eigenvalue weighted by atomic mass is 19.1. The van der Waals surface area contributed by atoms with Gasteiger partial charge in [0.15, 0.2) is 5.65 Å². The lowest BCUT2D eigenvalue weighted by Gasteiger charge is -2.14. The Kier molecular flexibility index (Phi) is 5.35. The third-order valence-electron chi connectivity index (χ3n) is 6.55. The summed E-state index contributed by atoms with van der Waals surface area (Å²) in [5.41, 5.74) is 2.56. The van der Waals surface area contributed by atoms with Crippen LogP contribution in [-0.4, -0.2) is 87.0 Å². The number of nitrogens with one attached hydrogen (secondary N) is 2. The number of fused-ring (bicyclic) bond motifs is 2. The van der Waals surface area contributed by atoms with Crippen LogP contribution >= 0.6 is 0 Å². The molecule has 0 spiro atoms. The molecular formula is C23H24FN7O4. The fourth-order valence-electron chi connectivity index (χ4n) is 4.68. The van der Waals surface area contributed by atoms with Gasteiger partial charge in [-0.3, -0.25) is 4.79 Å². The molecule has 1 amide bonds. The molecule has 6 heterocycles. The number of aliphatic hydroxyl groups is 1. The number of anilines is 1. The summed E-state index contributed by atoms with van der Waals surface area (Å²) in [5.74, 6) is 0.208. The van der Waals surface area contributed by atoms with Gasteiger partial charge >= 0.3 is 0 Å². The van der Waals surface area contributed by atoms with Gasteiger partial charge in [0, 0.05) is 36.5 Å². The summed E-state index contributed by atoms with van der Waals surface area (Å²) in [4.78, 5) is 22.3. The monoisotopic (exact) mass is 481 g/mol. The van der Waals surface area contributed by atoms with E-state index in [4.69, 9.17) is 14.5 Å². The van der Waals surface area contributed by atoms with Gasteiger partial charge in [-0.25, -0.2) is 14.4 Å². The van der Waals surface area contributed by atoms with E-state index in [9.17, 15) is 14.3 Å². The lowest BCUT2D eigenvalue weighted by Crippen LogP contribution is -2.42. The van der Waals surface area contributed by atoms with E-state index in [1.165, 1.54) is 6.20 Å². The lowest BCUT2D eigenvalue weighted by atomic mass is 10.1. The van der Waals surface area contributed by atoms with Crippen molar-refractivity contribution < 1.29 is 23.8 Å². The van der Waals surface area contributed by atoms with Crippen molar-refractivity contribution in [2.75, 3.05) is 38.8 Å². The SMILES string of the molecule is CNc1cc(-c2cn([C@@H]3COC[C@@H]3F)c3ncccc23)nc2c(C(=O)NC3COC[C@H]3O)cnn12. The van der Waals surface area contributed by atoms with Crippen LogP contribution in [0.4, 0.5) is 10.2 Å². The van der Waals surface area contributed by atoms with Crippen molar-refractivity contribution in [2.45, 2.75) is 24.4 Å². The summed E-state index contributed by atoms with van der Waals surface area (Å²) in [6.07, 6.45) is 3.05. The topological polar surface area (TPSA) is 128 Å². The summed E-state index contributed by atoms with van der Waals surface area (Å²) < 4.78 is 28.5.